The van der Waals surface area contributed by atoms with E-state index < -0.39 is 25.0 Å². The van der Waals surface area contributed by atoms with E-state index in [1.165, 1.54) is 0 Å². The van der Waals surface area contributed by atoms with Gasteiger partial charge in [0, 0.05) is 5.69 Å². The number of likely N-dealkylation sites (tertiary alicyclic amines) is 1. The first-order valence-electron chi connectivity index (χ1n) is 10.9. The maximum absolute atomic E-state index is 12.7. The lowest BCUT2D eigenvalue weighted by atomic mass is 9.81. The van der Waals surface area contributed by atoms with Crippen molar-refractivity contribution in [1.29, 1.82) is 0 Å². The van der Waals surface area contributed by atoms with Crippen LogP contribution in [-0.4, -0.2) is 41.7 Å². The molecule has 3 aliphatic rings. The van der Waals surface area contributed by atoms with Crippen molar-refractivity contribution < 1.29 is 23.9 Å². The summed E-state index contributed by atoms with van der Waals surface area (Å²) >= 11 is 0. The number of carbonyl (C=O) groups excluding carboxylic acids is 4. The average Bonchev–Trinajstić information content (AvgIpc) is 3.42. The number of nitrogens with zero attached hydrogens (tertiary/aromatic N) is 1. The van der Waals surface area contributed by atoms with E-state index in [1.807, 2.05) is 32.0 Å². The van der Waals surface area contributed by atoms with Gasteiger partial charge in [-0.15, -0.1) is 0 Å². The predicted octanol–water partition coefficient (Wildman–Crippen LogP) is 2.32. The van der Waals surface area contributed by atoms with Crippen molar-refractivity contribution in [2.24, 2.45) is 23.7 Å². The van der Waals surface area contributed by atoms with Crippen molar-refractivity contribution >= 4 is 29.4 Å². The van der Waals surface area contributed by atoms with Crippen LogP contribution in [0.2, 0.25) is 0 Å². The second-order valence-electron chi connectivity index (χ2n) is 8.51. The number of benzene rings is 1. The molecule has 3 fully saturated rings. The Morgan fingerprint density at radius 1 is 1.03 bits per heavy atom. The van der Waals surface area contributed by atoms with Crippen LogP contribution in [0.4, 0.5) is 5.69 Å². The van der Waals surface area contributed by atoms with Gasteiger partial charge in [0.25, 0.3) is 5.91 Å². The second-order valence-corrected chi connectivity index (χ2v) is 8.51. The number of para-hydroxylation sites is 1. The Hall–Kier alpha value is -2.70. The van der Waals surface area contributed by atoms with Crippen LogP contribution in [0.3, 0.4) is 0 Å². The fraction of sp³-hybridized carbons (Fsp3) is 0.565. The van der Waals surface area contributed by atoms with E-state index in [2.05, 4.69) is 5.32 Å². The van der Waals surface area contributed by atoms with Gasteiger partial charge in [-0.1, -0.05) is 32.0 Å². The summed E-state index contributed by atoms with van der Waals surface area (Å²) < 4.78 is 5.08. The summed E-state index contributed by atoms with van der Waals surface area (Å²) in [6, 6.07) is 5.86. The van der Waals surface area contributed by atoms with E-state index in [0.29, 0.717) is 0 Å². The second kappa shape index (κ2) is 8.20. The third-order valence-electron chi connectivity index (χ3n) is 6.93. The Labute approximate surface area is 176 Å². The minimum atomic E-state index is -0.737. The molecular weight excluding hydrogens is 384 g/mol. The molecule has 0 unspecified atom stereocenters. The van der Waals surface area contributed by atoms with Crippen LogP contribution in [0.25, 0.3) is 0 Å². The zero-order valence-electron chi connectivity index (χ0n) is 17.5. The Balaban J connectivity index is 1.32. The summed E-state index contributed by atoms with van der Waals surface area (Å²) in [7, 11) is 0. The molecule has 0 spiro atoms. The monoisotopic (exact) mass is 412 g/mol. The number of hydrogen-bond acceptors (Lipinski definition) is 5. The number of carbonyl (C=O) groups is 4. The standard InChI is InChI=1S/C23H28N2O5/c1-3-13-6-5-7-14(4-2)21(13)24-17(26)12-30-18(27)11-25-22(28)19-15-8-9-16(10-15)20(19)23(25)29/h5-7,15-16,19-20H,3-4,8-12H2,1-2H3,(H,24,26)/t15-,16+,19-,20-/m0/s1. The summed E-state index contributed by atoms with van der Waals surface area (Å²) in [4.78, 5) is 50.9. The van der Waals surface area contributed by atoms with Crippen LogP contribution in [0.15, 0.2) is 18.2 Å². The van der Waals surface area contributed by atoms with Crippen molar-refractivity contribution in [1.82, 2.24) is 4.90 Å². The number of anilines is 1. The third-order valence-corrected chi connectivity index (χ3v) is 6.93. The molecule has 0 aromatic heterocycles. The predicted molar refractivity (Wildman–Crippen MR) is 109 cm³/mol. The van der Waals surface area contributed by atoms with Crippen LogP contribution >= 0.6 is 0 Å². The van der Waals surface area contributed by atoms with Gasteiger partial charge in [0.15, 0.2) is 6.61 Å². The average molecular weight is 412 g/mol. The lowest BCUT2D eigenvalue weighted by Gasteiger charge is -2.19. The molecule has 160 valence electrons. The number of imide groups is 1. The van der Waals surface area contributed by atoms with Gasteiger partial charge in [-0.2, -0.15) is 0 Å². The largest absolute Gasteiger partial charge is 0.454 e. The Morgan fingerprint density at radius 2 is 1.60 bits per heavy atom. The number of hydrogen-bond donors (Lipinski definition) is 1. The number of esters is 1. The fourth-order valence-corrected chi connectivity index (χ4v) is 5.53. The molecule has 2 saturated carbocycles. The van der Waals surface area contributed by atoms with E-state index >= 15 is 0 Å². The maximum atomic E-state index is 12.7. The highest BCUT2D eigenvalue weighted by molar-refractivity contribution is 6.08. The molecule has 1 heterocycles. The van der Waals surface area contributed by atoms with Crippen molar-refractivity contribution in [2.75, 3.05) is 18.5 Å². The maximum Gasteiger partial charge on any atom is 0.326 e. The summed E-state index contributed by atoms with van der Waals surface area (Å²) in [5, 5.41) is 2.84. The van der Waals surface area contributed by atoms with Crippen molar-refractivity contribution in [3.05, 3.63) is 29.3 Å². The van der Waals surface area contributed by atoms with Gasteiger partial charge in [0.1, 0.15) is 6.54 Å². The highest BCUT2D eigenvalue weighted by Crippen LogP contribution is 2.56. The first-order chi connectivity index (χ1) is 14.4. The molecule has 2 bridgehead atoms. The molecule has 1 aliphatic heterocycles. The molecule has 4 atom stereocenters. The van der Waals surface area contributed by atoms with Crippen LogP contribution < -0.4 is 5.32 Å². The highest BCUT2D eigenvalue weighted by atomic mass is 16.5. The van der Waals surface area contributed by atoms with Gasteiger partial charge >= 0.3 is 5.97 Å². The van der Waals surface area contributed by atoms with Crippen molar-refractivity contribution in [3.63, 3.8) is 0 Å². The van der Waals surface area contributed by atoms with E-state index in [9.17, 15) is 19.2 Å². The summed E-state index contributed by atoms with van der Waals surface area (Å²) in [6.45, 7) is 3.16. The minimum Gasteiger partial charge on any atom is -0.454 e. The van der Waals surface area contributed by atoms with E-state index in [1.54, 1.807) is 0 Å². The summed E-state index contributed by atoms with van der Waals surface area (Å²) in [5.74, 6) is -1.64. The number of ether oxygens (including phenoxy) is 1. The lowest BCUT2D eigenvalue weighted by molar-refractivity contribution is -0.154. The van der Waals surface area contributed by atoms with Gasteiger partial charge in [0.2, 0.25) is 11.8 Å². The van der Waals surface area contributed by atoms with Gasteiger partial charge in [-0.25, -0.2) is 0 Å². The number of fused-ring (bicyclic) bond motifs is 5. The van der Waals surface area contributed by atoms with Gasteiger partial charge in [-0.05, 0) is 55.1 Å². The molecule has 7 heteroatoms. The van der Waals surface area contributed by atoms with Crippen molar-refractivity contribution in [3.8, 4) is 0 Å². The first kappa shape index (κ1) is 20.6. The normalized spacial score (nSPS) is 26.8. The molecule has 1 aromatic rings. The summed E-state index contributed by atoms with van der Waals surface area (Å²) in [5.41, 5.74) is 2.80. The molecule has 0 radical (unpaired) electrons. The zero-order chi connectivity index (χ0) is 21.4. The lowest BCUT2D eigenvalue weighted by Crippen LogP contribution is -2.38. The zero-order valence-corrected chi connectivity index (χ0v) is 17.5. The fourth-order valence-electron chi connectivity index (χ4n) is 5.53. The van der Waals surface area contributed by atoms with E-state index in [4.69, 9.17) is 4.74 Å². The smallest absolute Gasteiger partial charge is 0.326 e. The Bertz CT molecular complexity index is 845. The number of amides is 3. The number of rotatable bonds is 7. The number of nitrogens with one attached hydrogen (secondary N) is 1. The molecule has 3 amide bonds. The molecule has 2 aliphatic carbocycles. The highest BCUT2D eigenvalue weighted by Gasteiger charge is 2.61. The number of aryl methyl sites for hydroxylation is 2. The molecule has 1 N–H and O–H groups in total. The Morgan fingerprint density at radius 3 is 2.13 bits per heavy atom. The minimum absolute atomic E-state index is 0.247. The third kappa shape index (κ3) is 3.50. The van der Waals surface area contributed by atoms with E-state index in [0.717, 1.165) is 53.8 Å². The van der Waals surface area contributed by atoms with Crippen LogP contribution in [0.1, 0.15) is 44.2 Å². The van der Waals surface area contributed by atoms with Gasteiger partial charge < -0.3 is 10.1 Å². The molecule has 1 saturated heterocycles. The van der Waals surface area contributed by atoms with Gasteiger partial charge in [-0.3, -0.25) is 24.1 Å². The SMILES string of the molecule is CCc1cccc(CC)c1NC(=O)COC(=O)CN1C(=O)[C@H]2[C@@H]3CC[C@@H](C3)[C@@H]2C1=O. The quantitative estimate of drug-likeness (QED) is 0.548. The summed E-state index contributed by atoms with van der Waals surface area (Å²) in [6.07, 6.45) is 4.47. The topological polar surface area (TPSA) is 92.8 Å². The van der Waals surface area contributed by atoms with Crippen molar-refractivity contribution in [2.45, 2.75) is 46.0 Å². The molecule has 1 aromatic carbocycles. The first-order valence-corrected chi connectivity index (χ1v) is 10.9. The van der Waals surface area contributed by atoms with Crippen LogP contribution in [0, 0.1) is 23.7 Å². The van der Waals surface area contributed by atoms with E-state index in [-0.39, 0.29) is 35.5 Å². The molecule has 30 heavy (non-hydrogen) atoms. The molecule has 4 rings (SSSR count). The van der Waals surface area contributed by atoms with Gasteiger partial charge in [0.05, 0.1) is 11.8 Å². The van der Waals surface area contributed by atoms with Crippen LogP contribution in [0.5, 0.6) is 0 Å². The molecular formula is C23H28N2O5. The van der Waals surface area contributed by atoms with Crippen LogP contribution in [-0.2, 0) is 36.8 Å². The Kier molecular flexibility index (Phi) is 5.62. The molecule has 7 nitrogen and oxygen atoms in total.